The number of benzene rings is 2. The van der Waals surface area contributed by atoms with Crippen LogP contribution in [-0.2, 0) is 0 Å². The van der Waals surface area contributed by atoms with Crippen LogP contribution < -0.4 is 15.4 Å². The number of phenols is 1. The van der Waals surface area contributed by atoms with Crippen molar-refractivity contribution in [2.45, 2.75) is 38.5 Å². The molecule has 3 aromatic rings. The number of carbonyl (C=O) groups is 2. The van der Waals surface area contributed by atoms with Gasteiger partial charge in [-0.25, -0.2) is 4.79 Å². The number of carbonyl (C=O) groups excluding carboxylic acids is 2. The predicted octanol–water partition coefficient (Wildman–Crippen LogP) is 4.75. The zero-order chi connectivity index (χ0) is 23.4. The molecule has 2 amide bonds. The van der Waals surface area contributed by atoms with Gasteiger partial charge in [0.05, 0.1) is 24.1 Å². The van der Waals surface area contributed by atoms with Crippen LogP contribution in [0, 0.1) is 0 Å². The molecule has 2 aromatic carbocycles. The maximum atomic E-state index is 12.8. The summed E-state index contributed by atoms with van der Waals surface area (Å²) in [6.45, 7) is 2.35. The summed E-state index contributed by atoms with van der Waals surface area (Å²) in [5, 5.41) is 20.7. The lowest BCUT2D eigenvalue weighted by Gasteiger charge is -2.11. The van der Waals surface area contributed by atoms with Gasteiger partial charge in [-0.15, -0.1) is 0 Å². The van der Waals surface area contributed by atoms with Crippen LogP contribution in [0.15, 0.2) is 48.5 Å². The minimum atomic E-state index is -0.330. The third kappa shape index (κ3) is 4.69. The first kappa shape index (κ1) is 22.4. The first-order valence-electron chi connectivity index (χ1n) is 11.2. The summed E-state index contributed by atoms with van der Waals surface area (Å²) in [7, 11) is 1.51. The summed E-state index contributed by atoms with van der Waals surface area (Å²) in [4.78, 5) is 25.4. The zero-order valence-electron chi connectivity index (χ0n) is 18.8. The van der Waals surface area contributed by atoms with Crippen molar-refractivity contribution in [3.05, 3.63) is 59.8 Å². The zero-order valence-corrected chi connectivity index (χ0v) is 18.8. The number of nitrogens with one attached hydrogen (secondary N) is 2. The van der Waals surface area contributed by atoms with Gasteiger partial charge in [0, 0.05) is 23.7 Å². The number of nitrogens with zero attached hydrogens (tertiary/aromatic N) is 2. The number of amides is 2. The first-order chi connectivity index (χ1) is 16.0. The minimum Gasteiger partial charge on any atom is -0.507 e. The highest BCUT2D eigenvalue weighted by Gasteiger charge is 2.26. The van der Waals surface area contributed by atoms with Gasteiger partial charge in [0.2, 0.25) is 0 Å². The fraction of sp³-hybridized carbons (Fsp3) is 0.320. The predicted molar refractivity (Wildman–Crippen MR) is 126 cm³/mol. The molecule has 1 aliphatic rings. The van der Waals surface area contributed by atoms with Gasteiger partial charge in [-0.1, -0.05) is 25.0 Å². The van der Waals surface area contributed by atoms with Gasteiger partial charge >= 0.3 is 6.03 Å². The number of rotatable bonds is 6. The van der Waals surface area contributed by atoms with Crippen molar-refractivity contribution in [2.24, 2.45) is 0 Å². The second kappa shape index (κ2) is 9.77. The second-order valence-corrected chi connectivity index (χ2v) is 8.07. The number of aromatic hydroxyl groups is 1. The molecule has 0 saturated heterocycles. The van der Waals surface area contributed by atoms with Crippen LogP contribution in [0.5, 0.6) is 11.5 Å². The van der Waals surface area contributed by atoms with E-state index in [9.17, 15) is 14.7 Å². The number of phenolic OH excluding ortho intramolecular Hbond substituents is 1. The van der Waals surface area contributed by atoms with Crippen LogP contribution in [0.3, 0.4) is 0 Å². The molecule has 172 valence electrons. The number of aromatic nitrogens is 2. The molecule has 3 N–H and O–H groups in total. The number of hydrogen-bond acceptors (Lipinski definition) is 5. The maximum Gasteiger partial charge on any atom is 0.342 e. The van der Waals surface area contributed by atoms with Crippen molar-refractivity contribution in [3.63, 3.8) is 0 Å². The maximum absolute atomic E-state index is 12.8. The Bertz CT molecular complexity index is 1160. The molecular weight excluding hydrogens is 420 g/mol. The monoisotopic (exact) mass is 448 g/mol. The van der Waals surface area contributed by atoms with E-state index in [0.717, 1.165) is 31.4 Å². The van der Waals surface area contributed by atoms with Crippen LogP contribution in [0.2, 0.25) is 0 Å². The molecule has 0 bridgehead atoms. The van der Waals surface area contributed by atoms with Crippen molar-refractivity contribution in [3.8, 4) is 22.8 Å². The number of anilines is 1. The van der Waals surface area contributed by atoms with Crippen LogP contribution in [0.25, 0.3) is 11.3 Å². The summed E-state index contributed by atoms with van der Waals surface area (Å²) in [6.07, 6.45) is 4.25. The molecule has 4 rings (SSSR count). The van der Waals surface area contributed by atoms with Gasteiger partial charge in [0.25, 0.3) is 5.91 Å². The summed E-state index contributed by atoms with van der Waals surface area (Å²) in [6, 6.07) is 13.3. The van der Waals surface area contributed by atoms with E-state index < -0.39 is 0 Å². The van der Waals surface area contributed by atoms with Crippen molar-refractivity contribution in [1.29, 1.82) is 0 Å². The topological polar surface area (TPSA) is 105 Å². The Labute approximate surface area is 192 Å². The highest BCUT2D eigenvalue weighted by atomic mass is 16.5. The van der Waals surface area contributed by atoms with Crippen LogP contribution in [0.1, 0.15) is 54.6 Å². The average molecular weight is 449 g/mol. The molecule has 1 aromatic heterocycles. The van der Waals surface area contributed by atoms with Gasteiger partial charge in [-0.3, -0.25) is 4.79 Å². The van der Waals surface area contributed by atoms with E-state index in [0.29, 0.717) is 34.8 Å². The molecule has 0 atom stereocenters. The van der Waals surface area contributed by atoms with Gasteiger partial charge in [-0.05, 0) is 56.2 Å². The number of hydrogen-bond donors (Lipinski definition) is 3. The quantitative estimate of drug-likeness (QED) is 0.472. The molecule has 0 spiro atoms. The Kier molecular flexibility index (Phi) is 6.63. The van der Waals surface area contributed by atoms with Gasteiger partial charge in [-0.2, -0.15) is 9.78 Å². The molecule has 1 heterocycles. The average Bonchev–Trinajstić information content (AvgIpc) is 3.50. The number of para-hydroxylation sites is 1. The lowest BCUT2D eigenvalue weighted by atomic mass is 10.0. The highest BCUT2D eigenvalue weighted by Crippen LogP contribution is 2.38. The lowest BCUT2D eigenvalue weighted by molar-refractivity contribution is 0.102. The second-order valence-electron chi connectivity index (χ2n) is 8.07. The standard InChI is InChI=1S/C25H28N4O4/c1-3-26-25(32)29-21(16-8-4-5-9-16)15-20(28-29)19-14-17(12-13-22(19)30)27-24(31)18-10-6-7-11-23(18)33-2/h6-7,10-16,30H,3-5,8-9H2,1-2H3,(H,26,32)(H,27,31). The summed E-state index contributed by atoms with van der Waals surface area (Å²) < 4.78 is 6.68. The molecule has 8 heteroatoms. The summed E-state index contributed by atoms with van der Waals surface area (Å²) >= 11 is 0. The molecule has 0 aliphatic heterocycles. The van der Waals surface area contributed by atoms with Crippen LogP contribution in [-0.4, -0.2) is 40.5 Å². The SMILES string of the molecule is CCNC(=O)n1nc(-c2cc(NC(=O)c3ccccc3OC)ccc2O)cc1C1CCCC1. The van der Waals surface area contributed by atoms with E-state index in [4.69, 9.17) is 4.74 Å². The molecule has 1 fully saturated rings. The van der Waals surface area contributed by atoms with E-state index in [-0.39, 0.29) is 23.6 Å². The molecule has 0 radical (unpaired) electrons. The van der Waals surface area contributed by atoms with Crippen LogP contribution in [0.4, 0.5) is 10.5 Å². The Morgan fingerprint density at radius 3 is 2.64 bits per heavy atom. The molecule has 1 saturated carbocycles. The molecule has 8 nitrogen and oxygen atoms in total. The van der Waals surface area contributed by atoms with Gasteiger partial charge in [0.15, 0.2) is 0 Å². The molecule has 33 heavy (non-hydrogen) atoms. The lowest BCUT2D eigenvalue weighted by Crippen LogP contribution is -2.30. The third-order valence-corrected chi connectivity index (χ3v) is 5.91. The third-order valence-electron chi connectivity index (χ3n) is 5.91. The van der Waals surface area contributed by atoms with E-state index >= 15 is 0 Å². The number of ether oxygens (including phenoxy) is 1. The Morgan fingerprint density at radius 2 is 1.91 bits per heavy atom. The van der Waals surface area contributed by atoms with E-state index in [2.05, 4.69) is 15.7 Å². The summed E-state index contributed by atoms with van der Waals surface area (Å²) in [5.74, 6) is 0.410. The highest BCUT2D eigenvalue weighted by molar-refractivity contribution is 6.06. The summed E-state index contributed by atoms with van der Waals surface area (Å²) in [5.41, 5.74) is 2.66. The molecule has 1 aliphatic carbocycles. The van der Waals surface area contributed by atoms with E-state index in [1.165, 1.54) is 17.9 Å². The van der Waals surface area contributed by atoms with Crippen molar-refractivity contribution in [2.75, 3.05) is 19.0 Å². The van der Waals surface area contributed by atoms with Crippen molar-refractivity contribution >= 4 is 17.6 Å². The normalized spacial score (nSPS) is 13.6. The van der Waals surface area contributed by atoms with Gasteiger partial charge in [0.1, 0.15) is 11.5 Å². The van der Waals surface area contributed by atoms with E-state index in [1.54, 1.807) is 36.4 Å². The molecular formula is C25H28N4O4. The van der Waals surface area contributed by atoms with Crippen molar-refractivity contribution < 1.29 is 19.4 Å². The van der Waals surface area contributed by atoms with Gasteiger partial charge < -0.3 is 20.5 Å². The number of methoxy groups -OCH3 is 1. The van der Waals surface area contributed by atoms with E-state index in [1.807, 2.05) is 13.0 Å². The first-order valence-corrected chi connectivity index (χ1v) is 11.2. The molecule has 0 unspecified atom stereocenters. The van der Waals surface area contributed by atoms with Crippen molar-refractivity contribution in [1.82, 2.24) is 15.1 Å². The minimum absolute atomic E-state index is 0.0174. The Morgan fingerprint density at radius 1 is 1.15 bits per heavy atom. The fourth-order valence-corrected chi connectivity index (χ4v) is 4.28. The smallest absolute Gasteiger partial charge is 0.342 e. The largest absolute Gasteiger partial charge is 0.507 e. The fourth-order valence-electron chi connectivity index (χ4n) is 4.28. The Balaban J connectivity index is 1.67. The van der Waals surface area contributed by atoms with Crippen LogP contribution >= 0.6 is 0 Å². The Hall–Kier alpha value is -3.81.